The first kappa shape index (κ1) is 15.5. The zero-order valence-electron chi connectivity index (χ0n) is 13.3. The molecule has 0 saturated heterocycles. The Kier molecular flexibility index (Phi) is 5.34. The Balaban J connectivity index is 2.33. The molecule has 0 saturated carbocycles. The Hall–Kier alpha value is -1.87. The summed E-state index contributed by atoms with van der Waals surface area (Å²) < 4.78 is 5.51. The van der Waals surface area contributed by atoms with Crippen LogP contribution in [0.4, 0.5) is 0 Å². The first-order valence-corrected chi connectivity index (χ1v) is 7.55. The number of nitrogens with zero attached hydrogens (tertiary/aromatic N) is 1. The molecule has 1 atom stereocenters. The predicted octanol–water partition coefficient (Wildman–Crippen LogP) is 3.80. The molecule has 0 fully saturated rings. The minimum absolute atomic E-state index is 0.117. The Morgan fingerprint density at radius 3 is 2.43 bits per heavy atom. The summed E-state index contributed by atoms with van der Waals surface area (Å²) in [5, 5.41) is 3.52. The lowest BCUT2D eigenvalue weighted by atomic mass is 9.99. The summed E-state index contributed by atoms with van der Waals surface area (Å²) in [6.45, 7) is 9.89. The van der Waals surface area contributed by atoms with Crippen molar-refractivity contribution in [3.63, 3.8) is 0 Å². The quantitative estimate of drug-likeness (QED) is 0.876. The van der Waals surface area contributed by atoms with E-state index in [0.29, 0.717) is 6.61 Å². The first-order chi connectivity index (χ1) is 10.2. The van der Waals surface area contributed by atoms with E-state index in [1.807, 2.05) is 25.3 Å². The molecule has 1 unspecified atom stereocenters. The van der Waals surface area contributed by atoms with Crippen LogP contribution in [0, 0.1) is 13.8 Å². The summed E-state index contributed by atoms with van der Waals surface area (Å²) in [6.07, 6.45) is 1.93. The van der Waals surface area contributed by atoms with Crippen LogP contribution in [-0.2, 0) is 0 Å². The van der Waals surface area contributed by atoms with Crippen molar-refractivity contribution >= 4 is 0 Å². The summed E-state index contributed by atoms with van der Waals surface area (Å²) in [7, 11) is 0. The van der Waals surface area contributed by atoms with Gasteiger partial charge in [-0.3, -0.25) is 4.98 Å². The molecule has 0 aliphatic carbocycles. The Bertz CT molecular complexity index is 578. The maximum Gasteiger partial charge on any atom is 0.119 e. The number of aryl methyl sites for hydroxylation is 2. The molecule has 0 aliphatic rings. The van der Waals surface area contributed by atoms with E-state index in [-0.39, 0.29) is 6.04 Å². The van der Waals surface area contributed by atoms with Crippen LogP contribution in [0.1, 0.15) is 42.3 Å². The van der Waals surface area contributed by atoms with Crippen LogP contribution in [0.25, 0.3) is 0 Å². The van der Waals surface area contributed by atoms with Gasteiger partial charge in [0.1, 0.15) is 5.75 Å². The number of aromatic nitrogens is 1. The molecule has 0 radical (unpaired) electrons. The van der Waals surface area contributed by atoms with Crippen molar-refractivity contribution in [3.8, 4) is 5.75 Å². The number of benzene rings is 1. The van der Waals surface area contributed by atoms with Gasteiger partial charge in [-0.05, 0) is 56.1 Å². The van der Waals surface area contributed by atoms with Crippen molar-refractivity contribution in [2.45, 2.75) is 33.7 Å². The molecule has 0 aliphatic heterocycles. The summed E-state index contributed by atoms with van der Waals surface area (Å²) in [6, 6.07) is 10.6. The molecule has 2 aromatic rings. The van der Waals surface area contributed by atoms with Crippen molar-refractivity contribution < 1.29 is 4.74 Å². The molecule has 0 spiro atoms. The smallest absolute Gasteiger partial charge is 0.119 e. The van der Waals surface area contributed by atoms with Crippen molar-refractivity contribution in [2.24, 2.45) is 0 Å². The van der Waals surface area contributed by atoms with E-state index in [2.05, 4.69) is 49.3 Å². The normalized spacial score (nSPS) is 12.2. The minimum atomic E-state index is 0.117. The van der Waals surface area contributed by atoms with Crippen molar-refractivity contribution in [2.75, 3.05) is 13.2 Å². The minimum Gasteiger partial charge on any atom is -0.494 e. The average molecular weight is 284 g/mol. The Morgan fingerprint density at radius 2 is 1.86 bits per heavy atom. The van der Waals surface area contributed by atoms with Gasteiger partial charge in [0.05, 0.1) is 18.3 Å². The van der Waals surface area contributed by atoms with Crippen LogP contribution in [0.5, 0.6) is 5.75 Å². The lowest BCUT2D eigenvalue weighted by Crippen LogP contribution is -2.23. The van der Waals surface area contributed by atoms with E-state index in [1.165, 1.54) is 16.7 Å². The van der Waals surface area contributed by atoms with E-state index in [4.69, 9.17) is 4.74 Å². The number of hydrogen-bond donors (Lipinski definition) is 1. The van der Waals surface area contributed by atoms with Gasteiger partial charge in [-0.1, -0.05) is 25.1 Å². The van der Waals surface area contributed by atoms with Crippen molar-refractivity contribution in [3.05, 3.63) is 58.9 Å². The molecule has 0 amide bonds. The van der Waals surface area contributed by atoms with Crippen LogP contribution < -0.4 is 10.1 Å². The second-order valence-electron chi connectivity index (χ2n) is 5.21. The zero-order chi connectivity index (χ0) is 15.2. The molecule has 1 heterocycles. The number of nitrogens with one attached hydrogen (secondary N) is 1. The molecule has 1 aromatic heterocycles. The van der Waals surface area contributed by atoms with Gasteiger partial charge in [-0.2, -0.15) is 0 Å². The molecular formula is C18H24N2O. The van der Waals surface area contributed by atoms with Gasteiger partial charge in [-0.25, -0.2) is 0 Å². The number of ether oxygens (including phenoxy) is 1. The average Bonchev–Trinajstić information content (AvgIpc) is 2.47. The third-order valence-electron chi connectivity index (χ3n) is 3.46. The highest BCUT2D eigenvalue weighted by molar-refractivity contribution is 5.36. The molecule has 1 aromatic carbocycles. The zero-order valence-corrected chi connectivity index (χ0v) is 13.3. The van der Waals surface area contributed by atoms with Gasteiger partial charge >= 0.3 is 0 Å². The van der Waals surface area contributed by atoms with Gasteiger partial charge in [0.25, 0.3) is 0 Å². The molecule has 21 heavy (non-hydrogen) atoms. The van der Waals surface area contributed by atoms with Gasteiger partial charge in [0.2, 0.25) is 0 Å². The summed E-state index contributed by atoms with van der Waals surface area (Å²) in [5.74, 6) is 0.907. The van der Waals surface area contributed by atoms with E-state index in [0.717, 1.165) is 18.0 Å². The Morgan fingerprint density at radius 1 is 1.14 bits per heavy atom. The standard InChI is InChI=1S/C18H24N2O/c1-5-19-18(17-14(4)11-13(3)12-20-17)15-7-9-16(10-8-15)21-6-2/h7-12,18-19H,5-6H2,1-4H3. The predicted molar refractivity (Wildman–Crippen MR) is 86.8 cm³/mol. The summed E-state index contributed by atoms with van der Waals surface area (Å²) in [5.41, 5.74) is 4.71. The monoisotopic (exact) mass is 284 g/mol. The van der Waals surface area contributed by atoms with Crippen LogP contribution in [0.15, 0.2) is 36.5 Å². The third-order valence-corrected chi connectivity index (χ3v) is 3.46. The number of hydrogen-bond acceptors (Lipinski definition) is 3. The van der Waals surface area contributed by atoms with E-state index >= 15 is 0 Å². The molecule has 0 bridgehead atoms. The van der Waals surface area contributed by atoms with Gasteiger partial charge in [0.15, 0.2) is 0 Å². The van der Waals surface area contributed by atoms with Crippen molar-refractivity contribution in [1.29, 1.82) is 0 Å². The SMILES string of the molecule is CCNC(c1ccc(OCC)cc1)c1ncc(C)cc1C. The van der Waals surface area contributed by atoms with Gasteiger partial charge < -0.3 is 10.1 Å². The molecule has 3 heteroatoms. The topological polar surface area (TPSA) is 34.1 Å². The van der Waals surface area contributed by atoms with Crippen LogP contribution >= 0.6 is 0 Å². The molecule has 2 rings (SSSR count). The summed E-state index contributed by atoms with van der Waals surface area (Å²) >= 11 is 0. The fraction of sp³-hybridized carbons (Fsp3) is 0.389. The van der Waals surface area contributed by atoms with E-state index < -0.39 is 0 Å². The maximum absolute atomic E-state index is 5.51. The highest BCUT2D eigenvalue weighted by Crippen LogP contribution is 2.25. The van der Waals surface area contributed by atoms with E-state index in [9.17, 15) is 0 Å². The largest absolute Gasteiger partial charge is 0.494 e. The second kappa shape index (κ2) is 7.23. The van der Waals surface area contributed by atoms with Crippen LogP contribution in [0.3, 0.4) is 0 Å². The van der Waals surface area contributed by atoms with Gasteiger partial charge in [-0.15, -0.1) is 0 Å². The Labute approximate surface area is 127 Å². The molecular weight excluding hydrogens is 260 g/mol. The fourth-order valence-corrected chi connectivity index (χ4v) is 2.53. The molecule has 112 valence electrons. The second-order valence-corrected chi connectivity index (χ2v) is 5.21. The molecule has 3 nitrogen and oxygen atoms in total. The highest BCUT2D eigenvalue weighted by Gasteiger charge is 2.16. The van der Waals surface area contributed by atoms with Crippen LogP contribution in [0.2, 0.25) is 0 Å². The maximum atomic E-state index is 5.51. The summed E-state index contributed by atoms with van der Waals surface area (Å²) in [4.78, 5) is 4.64. The van der Waals surface area contributed by atoms with Crippen molar-refractivity contribution in [1.82, 2.24) is 10.3 Å². The number of rotatable bonds is 6. The van der Waals surface area contributed by atoms with Crippen LogP contribution in [-0.4, -0.2) is 18.1 Å². The fourth-order valence-electron chi connectivity index (χ4n) is 2.53. The number of pyridine rings is 1. The first-order valence-electron chi connectivity index (χ1n) is 7.55. The van der Waals surface area contributed by atoms with Gasteiger partial charge in [0, 0.05) is 6.20 Å². The highest BCUT2D eigenvalue weighted by atomic mass is 16.5. The lowest BCUT2D eigenvalue weighted by molar-refractivity contribution is 0.340. The van der Waals surface area contributed by atoms with E-state index in [1.54, 1.807) is 0 Å². The third kappa shape index (κ3) is 3.82. The molecule has 1 N–H and O–H groups in total. The lowest BCUT2D eigenvalue weighted by Gasteiger charge is -2.20.